The minimum absolute atomic E-state index is 0. The zero-order valence-corrected chi connectivity index (χ0v) is 31.2. The second-order valence-electron chi connectivity index (χ2n) is 12.1. The molecule has 0 N–H and O–H groups in total. The van der Waals surface area contributed by atoms with Crippen molar-refractivity contribution in [3.8, 4) is 5.75 Å². The van der Waals surface area contributed by atoms with E-state index in [-0.39, 0.29) is 17.1 Å². The first-order chi connectivity index (χ1) is 21.2. The Morgan fingerprint density at radius 1 is 0.750 bits per heavy atom. The van der Waals surface area contributed by atoms with Crippen LogP contribution in [0.2, 0.25) is 0 Å². The van der Waals surface area contributed by atoms with Gasteiger partial charge in [-0.2, -0.15) is 6.42 Å². The van der Waals surface area contributed by atoms with Crippen molar-refractivity contribution in [2.75, 3.05) is 6.61 Å². The van der Waals surface area contributed by atoms with Gasteiger partial charge >= 0.3 is 44.8 Å². The summed E-state index contributed by atoms with van der Waals surface area (Å²) in [6.07, 6.45) is 41.8. The van der Waals surface area contributed by atoms with Crippen molar-refractivity contribution in [3.63, 3.8) is 0 Å². The molecule has 0 heterocycles. The third-order valence-corrected chi connectivity index (χ3v) is 13.1. The molecule has 0 spiro atoms. The molecule has 6 heteroatoms. The molecule has 0 bridgehead atoms. The molecule has 1 aromatic carbocycles. The molecular formula is C38H54ClFeNOPPd+2. The van der Waals surface area contributed by atoms with Gasteiger partial charge in [0.15, 0.2) is 0 Å². The van der Waals surface area contributed by atoms with Crippen LogP contribution in [0.1, 0.15) is 110 Å². The van der Waals surface area contributed by atoms with E-state index in [9.17, 15) is 0 Å². The summed E-state index contributed by atoms with van der Waals surface area (Å²) in [7, 11) is 4.87. The van der Waals surface area contributed by atoms with Gasteiger partial charge in [0.2, 0.25) is 0 Å². The SMILES string of the molecule is C1CCC(P(C2CCCCC2)C2CCCCC2)CC1.CCOc1ccc(N=C(C)[C]2[CH][CH][CH][CH-]2)cc1.[CH]1[CH][CH][CH][CH]1.[Cl][Pd+].[Fe+2]. The predicted octanol–water partition coefficient (Wildman–Crippen LogP) is 11.8. The van der Waals surface area contributed by atoms with Crippen LogP contribution in [0.3, 0.4) is 0 Å². The van der Waals surface area contributed by atoms with Crippen molar-refractivity contribution < 1.29 is 40.0 Å². The fraction of sp³-hybridized carbons (Fsp3) is 0.553. The maximum absolute atomic E-state index is 5.39. The predicted molar refractivity (Wildman–Crippen MR) is 186 cm³/mol. The number of hydrogen-bond acceptors (Lipinski definition) is 2. The van der Waals surface area contributed by atoms with Crippen molar-refractivity contribution in [3.05, 3.63) is 88.0 Å². The molecule has 1 aromatic rings. The van der Waals surface area contributed by atoms with E-state index in [0.29, 0.717) is 14.5 Å². The maximum atomic E-state index is 5.39. The number of halogens is 1. The van der Waals surface area contributed by atoms with Crippen LogP contribution in [0.15, 0.2) is 29.3 Å². The van der Waals surface area contributed by atoms with Crippen LogP contribution in [0, 0.1) is 63.7 Å². The van der Waals surface area contributed by atoms with E-state index in [0.717, 1.165) is 17.1 Å². The average Bonchev–Trinajstić information content (AvgIpc) is 3.84. The molecule has 0 saturated heterocycles. The first kappa shape index (κ1) is 40.8. The topological polar surface area (TPSA) is 21.6 Å². The summed E-state index contributed by atoms with van der Waals surface area (Å²) >= 11 is 2.22. The van der Waals surface area contributed by atoms with Crippen LogP contribution >= 0.6 is 17.5 Å². The number of rotatable bonds is 7. The van der Waals surface area contributed by atoms with Crippen LogP contribution in [0.4, 0.5) is 5.69 Å². The molecule has 5 fully saturated rings. The molecule has 2 nitrogen and oxygen atoms in total. The molecule has 44 heavy (non-hydrogen) atoms. The van der Waals surface area contributed by atoms with Crippen molar-refractivity contribution in [1.82, 2.24) is 0 Å². The molecule has 5 aliphatic carbocycles. The summed E-state index contributed by atoms with van der Waals surface area (Å²) < 4.78 is 5.39. The second-order valence-corrected chi connectivity index (χ2v) is 15.2. The van der Waals surface area contributed by atoms with Crippen LogP contribution in [-0.4, -0.2) is 29.3 Å². The number of hydrogen-bond donors (Lipinski definition) is 0. The van der Waals surface area contributed by atoms with E-state index >= 15 is 0 Å². The Morgan fingerprint density at radius 2 is 1.18 bits per heavy atom. The Labute approximate surface area is 299 Å². The van der Waals surface area contributed by atoms with Gasteiger partial charge in [-0.05, 0) is 131 Å². The Kier molecular flexibility index (Phi) is 23.7. The molecule has 0 unspecified atom stereocenters. The molecule has 245 valence electrons. The summed E-state index contributed by atoms with van der Waals surface area (Å²) in [5.41, 5.74) is 5.55. The Morgan fingerprint density at radius 3 is 1.55 bits per heavy atom. The van der Waals surface area contributed by atoms with Crippen LogP contribution < -0.4 is 4.74 Å². The summed E-state index contributed by atoms with van der Waals surface area (Å²) in [4.78, 5) is 4.56. The minimum atomic E-state index is 0. The fourth-order valence-corrected chi connectivity index (χ4v) is 11.7. The molecule has 0 aliphatic heterocycles. The van der Waals surface area contributed by atoms with Gasteiger partial charge in [-0.1, -0.05) is 78.6 Å². The standard InChI is InChI=1S/C18H33P.C15H16NO.C5H5.ClH.Fe.Pd/c1-4-10-16(11-5-1)19(17-12-6-2-7-13-17)18-14-8-3-9-15-18;1-3-17-15-10-8-14(9-11-15)16-12(2)13-6-4-5-7-13;1-2-4-5-3-1;;;/h16-18H,1-15H2;4-11H,3H2,1-2H3;1-5H;1H;;/q;-1;;;2*+2/p-1. The number of aliphatic imine (C=N–C) groups is 1. The third-order valence-electron chi connectivity index (χ3n) is 9.07. The van der Waals surface area contributed by atoms with Gasteiger partial charge in [-0.25, -0.2) is 0 Å². The van der Waals surface area contributed by atoms with Gasteiger partial charge in [-0.15, -0.1) is 5.92 Å². The molecule has 0 amide bonds. The van der Waals surface area contributed by atoms with E-state index in [2.05, 4.69) is 45.5 Å². The molecule has 5 aliphatic rings. The van der Waals surface area contributed by atoms with Gasteiger partial charge in [0.1, 0.15) is 5.75 Å². The largest absolute Gasteiger partial charge is 2.00 e. The van der Waals surface area contributed by atoms with E-state index in [1.807, 2.05) is 83.1 Å². The van der Waals surface area contributed by atoms with Crippen LogP contribution in [0.5, 0.6) is 5.75 Å². The quantitative estimate of drug-likeness (QED) is 0.117. The van der Waals surface area contributed by atoms with Gasteiger partial charge < -0.3 is 11.2 Å². The van der Waals surface area contributed by atoms with Gasteiger partial charge in [0.05, 0.1) is 12.3 Å². The van der Waals surface area contributed by atoms with Crippen molar-refractivity contribution >= 4 is 28.8 Å². The maximum Gasteiger partial charge on any atom is 2.00 e. The fourth-order valence-electron chi connectivity index (χ4n) is 7.01. The van der Waals surface area contributed by atoms with Crippen molar-refractivity contribution in [2.24, 2.45) is 4.99 Å². The van der Waals surface area contributed by atoms with Gasteiger partial charge in [0.25, 0.3) is 0 Å². The normalized spacial score (nSPS) is 22.1. The van der Waals surface area contributed by atoms with E-state index in [1.54, 1.807) is 77.0 Å². The first-order valence-corrected chi connectivity index (χ1v) is 20.4. The molecule has 5 saturated carbocycles. The summed E-state index contributed by atoms with van der Waals surface area (Å²) in [6, 6.07) is 7.83. The molecule has 0 atom stereocenters. The first-order valence-electron chi connectivity index (χ1n) is 16.8. The Balaban J connectivity index is 0.000000249. The van der Waals surface area contributed by atoms with Crippen LogP contribution in [0.25, 0.3) is 0 Å². The average molecular weight is 770 g/mol. The van der Waals surface area contributed by atoms with Gasteiger partial charge in [-0.3, -0.25) is 4.99 Å². The number of benzene rings is 1. The molecule has 0 aromatic heterocycles. The van der Waals surface area contributed by atoms with Gasteiger partial charge in [0, 0.05) is 0 Å². The molecule has 9 radical (unpaired) electrons. The number of ether oxygens (including phenoxy) is 1. The van der Waals surface area contributed by atoms with E-state index in [1.165, 1.54) is 42.2 Å². The van der Waals surface area contributed by atoms with E-state index < -0.39 is 0 Å². The van der Waals surface area contributed by atoms with Crippen LogP contribution in [-0.2, 0) is 35.2 Å². The molecular weight excluding hydrogens is 715 g/mol. The minimum Gasteiger partial charge on any atom is 2.00 e. The van der Waals surface area contributed by atoms with Crippen molar-refractivity contribution in [2.45, 2.75) is 127 Å². The zero-order valence-electron chi connectivity index (χ0n) is 26.9. The smallest absolute Gasteiger partial charge is 2.00 e. The van der Waals surface area contributed by atoms with E-state index in [4.69, 9.17) is 4.74 Å². The monoisotopic (exact) mass is 768 g/mol. The summed E-state index contributed by atoms with van der Waals surface area (Å²) in [5, 5.41) is 0. The second kappa shape index (κ2) is 25.6. The third kappa shape index (κ3) is 15.2. The summed E-state index contributed by atoms with van der Waals surface area (Å²) in [5.74, 6) is 2.05. The van der Waals surface area contributed by atoms with Crippen molar-refractivity contribution in [1.29, 1.82) is 0 Å². The summed E-state index contributed by atoms with van der Waals surface area (Å²) in [6.45, 7) is 4.69. The Bertz CT molecular complexity index is 792. The molecule has 6 rings (SSSR count). The zero-order chi connectivity index (χ0) is 30.5. The number of nitrogens with zero attached hydrogens (tertiary/aromatic N) is 1. The Hall–Kier alpha value is 0.592.